The molecule has 162 valence electrons. The van der Waals surface area contributed by atoms with Crippen molar-refractivity contribution in [3.8, 4) is 0 Å². The van der Waals surface area contributed by atoms with E-state index in [2.05, 4.69) is 16.6 Å². The van der Waals surface area contributed by atoms with Crippen LogP contribution in [0.5, 0.6) is 0 Å². The van der Waals surface area contributed by atoms with Crippen molar-refractivity contribution in [2.24, 2.45) is 4.99 Å². The van der Waals surface area contributed by atoms with E-state index in [1.807, 2.05) is 67.6 Å². The van der Waals surface area contributed by atoms with Gasteiger partial charge in [-0.05, 0) is 36.1 Å². The Labute approximate surface area is 186 Å². The normalized spacial score (nSPS) is 15.3. The topological polar surface area (TPSA) is 70.9 Å². The predicted molar refractivity (Wildman–Crippen MR) is 128 cm³/mol. The zero-order chi connectivity index (χ0) is 22.1. The van der Waals surface area contributed by atoms with Crippen LogP contribution in [0, 0.1) is 6.92 Å². The Morgan fingerprint density at radius 1 is 1.16 bits per heavy atom. The first kappa shape index (κ1) is 22.7. The summed E-state index contributed by atoms with van der Waals surface area (Å²) in [5, 5.41) is 10.9. The summed E-state index contributed by atoms with van der Waals surface area (Å²) in [4.78, 5) is 4.55. The van der Waals surface area contributed by atoms with Crippen molar-refractivity contribution >= 4 is 28.5 Å². The number of hydrogen-bond acceptors (Lipinski definition) is 4. The SMILES string of the molecule is CCC1=CN=C(OCCO)C(c2ccc(C)cc2)=C(NS(=O)/C=C/c2ccccc2)C1. The molecule has 1 aliphatic heterocycles. The molecule has 0 aliphatic carbocycles. The molecule has 0 saturated heterocycles. The molecule has 0 radical (unpaired) electrons. The van der Waals surface area contributed by atoms with Gasteiger partial charge in [0.05, 0.1) is 12.2 Å². The second-order valence-electron chi connectivity index (χ2n) is 7.16. The summed E-state index contributed by atoms with van der Waals surface area (Å²) in [6, 6.07) is 17.8. The van der Waals surface area contributed by atoms with Gasteiger partial charge in [0.25, 0.3) is 0 Å². The standard InChI is InChI=1S/C25H28N2O3S/c1-3-20-17-23(27-31(29)16-13-21-7-5-4-6-8-21)24(22-11-9-19(2)10-12-22)25(26-18-20)30-15-14-28/h4-13,16,18,27-28H,3,14-15,17H2,1-2H3/b16-13+. The number of nitrogens with zero attached hydrogens (tertiary/aromatic N) is 1. The molecule has 0 spiro atoms. The Hall–Kier alpha value is -2.96. The Morgan fingerprint density at radius 2 is 1.90 bits per heavy atom. The van der Waals surface area contributed by atoms with Gasteiger partial charge in [-0.2, -0.15) is 0 Å². The molecule has 1 aliphatic rings. The van der Waals surface area contributed by atoms with E-state index in [-0.39, 0.29) is 13.2 Å². The maximum Gasteiger partial charge on any atom is 0.223 e. The molecule has 0 aromatic heterocycles. The van der Waals surface area contributed by atoms with Gasteiger partial charge in [-0.15, -0.1) is 0 Å². The first-order valence-corrected chi connectivity index (χ1v) is 11.5. The summed E-state index contributed by atoms with van der Waals surface area (Å²) in [6.45, 7) is 4.12. The number of hydrogen-bond donors (Lipinski definition) is 2. The van der Waals surface area contributed by atoms with Crippen LogP contribution in [0.1, 0.15) is 36.5 Å². The van der Waals surface area contributed by atoms with E-state index < -0.39 is 11.0 Å². The molecular weight excluding hydrogens is 408 g/mol. The lowest BCUT2D eigenvalue weighted by molar-refractivity contribution is 0.195. The number of benzene rings is 2. The second kappa shape index (κ2) is 11.4. The smallest absolute Gasteiger partial charge is 0.223 e. The molecule has 1 heterocycles. The van der Waals surface area contributed by atoms with Gasteiger partial charge in [0.15, 0.2) is 0 Å². The number of rotatable bonds is 8. The lowest BCUT2D eigenvalue weighted by Crippen LogP contribution is -2.21. The molecular formula is C25H28N2O3S. The summed E-state index contributed by atoms with van der Waals surface area (Å²) in [5.41, 5.74) is 5.67. The highest BCUT2D eigenvalue weighted by Crippen LogP contribution is 2.29. The van der Waals surface area contributed by atoms with Crippen LogP contribution in [-0.2, 0) is 15.7 Å². The van der Waals surface area contributed by atoms with E-state index in [1.54, 1.807) is 11.6 Å². The Kier molecular flexibility index (Phi) is 8.38. The van der Waals surface area contributed by atoms with Crippen LogP contribution in [0.25, 0.3) is 11.6 Å². The highest BCUT2D eigenvalue weighted by molar-refractivity contribution is 7.86. The zero-order valence-corrected chi connectivity index (χ0v) is 18.7. The van der Waals surface area contributed by atoms with E-state index in [0.717, 1.165) is 40.0 Å². The van der Waals surface area contributed by atoms with Crippen molar-refractivity contribution in [3.63, 3.8) is 0 Å². The van der Waals surface area contributed by atoms with Gasteiger partial charge in [0.2, 0.25) is 5.90 Å². The molecule has 5 nitrogen and oxygen atoms in total. The molecule has 2 N–H and O–H groups in total. The molecule has 2 aromatic rings. The van der Waals surface area contributed by atoms with Crippen LogP contribution < -0.4 is 4.72 Å². The number of aliphatic hydroxyl groups excluding tert-OH is 1. The first-order chi connectivity index (χ1) is 15.1. The highest BCUT2D eigenvalue weighted by Gasteiger charge is 2.21. The first-order valence-electron chi connectivity index (χ1n) is 10.3. The Bertz CT molecular complexity index is 1020. The number of allylic oxidation sites excluding steroid dienone is 1. The van der Waals surface area contributed by atoms with Crippen LogP contribution in [0.15, 0.2) is 82.5 Å². The third kappa shape index (κ3) is 6.51. The van der Waals surface area contributed by atoms with E-state index in [9.17, 15) is 9.32 Å². The van der Waals surface area contributed by atoms with Gasteiger partial charge in [0.1, 0.15) is 17.6 Å². The third-order valence-electron chi connectivity index (χ3n) is 4.82. The van der Waals surface area contributed by atoms with E-state index >= 15 is 0 Å². The van der Waals surface area contributed by atoms with Gasteiger partial charge in [0, 0.05) is 23.7 Å². The van der Waals surface area contributed by atoms with Crippen molar-refractivity contribution in [2.75, 3.05) is 13.2 Å². The molecule has 6 heteroatoms. The van der Waals surface area contributed by atoms with Crippen molar-refractivity contribution in [1.29, 1.82) is 0 Å². The molecule has 0 fully saturated rings. The largest absolute Gasteiger partial charge is 0.475 e. The fourth-order valence-corrected chi connectivity index (χ4v) is 3.90. The van der Waals surface area contributed by atoms with E-state index in [0.29, 0.717) is 12.3 Å². The highest BCUT2D eigenvalue weighted by atomic mass is 32.2. The zero-order valence-electron chi connectivity index (χ0n) is 17.9. The van der Waals surface area contributed by atoms with Crippen LogP contribution in [0.2, 0.25) is 0 Å². The molecule has 1 unspecified atom stereocenters. The molecule has 1 atom stereocenters. The average Bonchev–Trinajstić information content (AvgIpc) is 2.96. The summed E-state index contributed by atoms with van der Waals surface area (Å²) >= 11 is 0. The molecule has 31 heavy (non-hydrogen) atoms. The minimum absolute atomic E-state index is 0.112. The van der Waals surface area contributed by atoms with Crippen LogP contribution >= 0.6 is 0 Å². The lowest BCUT2D eigenvalue weighted by atomic mass is 9.99. The summed E-state index contributed by atoms with van der Waals surface area (Å²) in [6.07, 6.45) is 5.04. The minimum Gasteiger partial charge on any atom is -0.475 e. The number of aliphatic hydroxyl groups is 1. The maximum absolute atomic E-state index is 12.9. The van der Waals surface area contributed by atoms with Crippen molar-refractivity contribution < 1.29 is 14.1 Å². The summed E-state index contributed by atoms with van der Waals surface area (Å²) in [7, 11) is -1.44. The van der Waals surface area contributed by atoms with Gasteiger partial charge < -0.3 is 14.6 Å². The average molecular weight is 437 g/mol. The van der Waals surface area contributed by atoms with Crippen molar-refractivity contribution in [3.05, 3.63) is 94.2 Å². The molecule has 0 bridgehead atoms. The fourth-order valence-electron chi connectivity index (χ4n) is 3.14. The lowest BCUT2D eigenvalue weighted by Gasteiger charge is -2.17. The van der Waals surface area contributed by atoms with Gasteiger partial charge in [-0.25, -0.2) is 9.20 Å². The van der Waals surface area contributed by atoms with Gasteiger partial charge in [-0.1, -0.05) is 67.1 Å². The van der Waals surface area contributed by atoms with E-state index in [1.165, 1.54) is 0 Å². The van der Waals surface area contributed by atoms with Crippen LogP contribution in [0.4, 0.5) is 0 Å². The Morgan fingerprint density at radius 3 is 2.58 bits per heavy atom. The Balaban J connectivity index is 1.99. The number of ether oxygens (including phenoxy) is 1. The fraction of sp³-hybridized carbons (Fsp3) is 0.240. The minimum atomic E-state index is -1.44. The third-order valence-corrected chi connectivity index (χ3v) is 5.65. The molecule has 2 aromatic carbocycles. The number of nitrogens with one attached hydrogen (secondary N) is 1. The maximum atomic E-state index is 12.9. The predicted octanol–water partition coefficient (Wildman–Crippen LogP) is 4.74. The molecule has 3 rings (SSSR count). The number of aliphatic imine (C=N–C) groups is 1. The number of aryl methyl sites for hydroxylation is 1. The summed E-state index contributed by atoms with van der Waals surface area (Å²) < 4.78 is 21.8. The van der Waals surface area contributed by atoms with Crippen molar-refractivity contribution in [1.82, 2.24) is 4.72 Å². The van der Waals surface area contributed by atoms with Gasteiger partial charge >= 0.3 is 0 Å². The molecule has 0 amide bonds. The van der Waals surface area contributed by atoms with Crippen LogP contribution in [0.3, 0.4) is 0 Å². The second-order valence-corrected chi connectivity index (χ2v) is 8.23. The molecule has 0 saturated carbocycles. The van der Waals surface area contributed by atoms with Crippen molar-refractivity contribution in [2.45, 2.75) is 26.7 Å². The van der Waals surface area contributed by atoms with Crippen LogP contribution in [-0.4, -0.2) is 28.4 Å². The monoisotopic (exact) mass is 436 g/mol. The van der Waals surface area contributed by atoms with E-state index in [4.69, 9.17) is 4.74 Å². The quantitative estimate of drug-likeness (QED) is 0.628. The summed E-state index contributed by atoms with van der Waals surface area (Å²) in [5.74, 6) is 0.410. The van der Waals surface area contributed by atoms with Gasteiger partial charge in [-0.3, -0.25) is 0 Å².